The van der Waals surface area contributed by atoms with Gasteiger partial charge in [-0.1, -0.05) is 6.92 Å². The molecule has 0 atom stereocenters. The van der Waals surface area contributed by atoms with Crippen molar-refractivity contribution >= 4 is 11.6 Å². The van der Waals surface area contributed by atoms with Gasteiger partial charge >= 0.3 is 0 Å². The second-order valence-electron chi connectivity index (χ2n) is 3.71. The number of anilines is 1. The smallest absolute Gasteiger partial charge is 0.221 e. The summed E-state index contributed by atoms with van der Waals surface area (Å²) < 4.78 is 0. The minimum atomic E-state index is 0.0973. The van der Waals surface area contributed by atoms with Gasteiger partial charge < -0.3 is 10.6 Å². The summed E-state index contributed by atoms with van der Waals surface area (Å²) in [6.07, 6.45) is 3.24. The standard InChI is InChI=1S/C12H19N3O/c1-3-6-15-12(16)5-8-14-11-4-7-13-10(2)9-11/h4,7,9H,3,5-6,8H2,1-2H3,(H,13,14)(H,15,16). The molecule has 0 radical (unpaired) electrons. The molecular weight excluding hydrogens is 202 g/mol. The fourth-order valence-electron chi connectivity index (χ4n) is 1.33. The van der Waals surface area contributed by atoms with Crippen molar-refractivity contribution in [3.05, 3.63) is 24.0 Å². The minimum Gasteiger partial charge on any atom is -0.384 e. The Morgan fingerprint density at radius 3 is 2.94 bits per heavy atom. The highest BCUT2D eigenvalue weighted by atomic mass is 16.1. The molecule has 0 saturated heterocycles. The molecule has 0 aliphatic heterocycles. The summed E-state index contributed by atoms with van der Waals surface area (Å²) in [5.41, 5.74) is 1.98. The number of hydrogen-bond donors (Lipinski definition) is 2. The molecule has 0 aliphatic rings. The van der Waals surface area contributed by atoms with Gasteiger partial charge in [-0.15, -0.1) is 0 Å². The molecule has 0 fully saturated rings. The van der Waals surface area contributed by atoms with Crippen LogP contribution in [-0.2, 0) is 4.79 Å². The van der Waals surface area contributed by atoms with Crippen molar-refractivity contribution in [3.8, 4) is 0 Å². The third kappa shape index (κ3) is 4.77. The minimum absolute atomic E-state index is 0.0973. The molecule has 4 heteroatoms. The Balaban J connectivity index is 2.22. The molecule has 1 aromatic rings. The van der Waals surface area contributed by atoms with Crippen molar-refractivity contribution in [2.24, 2.45) is 0 Å². The summed E-state index contributed by atoms with van der Waals surface area (Å²) in [6, 6.07) is 3.86. The van der Waals surface area contributed by atoms with Gasteiger partial charge in [0.15, 0.2) is 0 Å². The first-order valence-electron chi connectivity index (χ1n) is 5.65. The van der Waals surface area contributed by atoms with Gasteiger partial charge in [0.25, 0.3) is 0 Å². The molecule has 4 nitrogen and oxygen atoms in total. The first-order chi connectivity index (χ1) is 7.72. The van der Waals surface area contributed by atoms with Crippen LogP contribution in [0.15, 0.2) is 18.3 Å². The van der Waals surface area contributed by atoms with E-state index in [1.165, 1.54) is 0 Å². The van der Waals surface area contributed by atoms with Crippen LogP contribution in [0.3, 0.4) is 0 Å². The van der Waals surface area contributed by atoms with Gasteiger partial charge in [0, 0.05) is 37.1 Å². The number of carbonyl (C=O) groups is 1. The van der Waals surface area contributed by atoms with Crippen LogP contribution in [0.2, 0.25) is 0 Å². The van der Waals surface area contributed by atoms with Crippen LogP contribution in [0.5, 0.6) is 0 Å². The normalized spacial score (nSPS) is 9.88. The zero-order valence-corrected chi connectivity index (χ0v) is 9.92. The zero-order valence-electron chi connectivity index (χ0n) is 9.92. The highest BCUT2D eigenvalue weighted by Gasteiger charge is 1.99. The molecule has 1 amide bonds. The molecule has 16 heavy (non-hydrogen) atoms. The molecule has 88 valence electrons. The van der Waals surface area contributed by atoms with Crippen molar-refractivity contribution in [1.29, 1.82) is 0 Å². The maximum atomic E-state index is 11.3. The van der Waals surface area contributed by atoms with Crippen LogP contribution in [0, 0.1) is 6.92 Å². The van der Waals surface area contributed by atoms with E-state index in [-0.39, 0.29) is 5.91 Å². The lowest BCUT2D eigenvalue weighted by Gasteiger charge is -2.07. The van der Waals surface area contributed by atoms with Crippen LogP contribution >= 0.6 is 0 Å². The second-order valence-corrected chi connectivity index (χ2v) is 3.71. The number of carbonyl (C=O) groups excluding carboxylic acids is 1. The average Bonchev–Trinajstić information content (AvgIpc) is 2.26. The Labute approximate surface area is 96.5 Å². The van der Waals surface area contributed by atoms with E-state index >= 15 is 0 Å². The topological polar surface area (TPSA) is 54.0 Å². The molecule has 0 bridgehead atoms. The number of nitrogens with zero attached hydrogens (tertiary/aromatic N) is 1. The van der Waals surface area contributed by atoms with Crippen molar-refractivity contribution < 1.29 is 4.79 Å². The van der Waals surface area contributed by atoms with E-state index in [1.807, 2.05) is 26.0 Å². The van der Waals surface area contributed by atoms with E-state index in [4.69, 9.17) is 0 Å². The number of aromatic nitrogens is 1. The third-order valence-corrected chi connectivity index (χ3v) is 2.15. The Morgan fingerprint density at radius 1 is 1.44 bits per heavy atom. The van der Waals surface area contributed by atoms with Crippen LogP contribution in [0.1, 0.15) is 25.5 Å². The van der Waals surface area contributed by atoms with E-state index in [0.29, 0.717) is 13.0 Å². The Bertz CT molecular complexity index is 339. The molecule has 2 N–H and O–H groups in total. The van der Waals surface area contributed by atoms with E-state index in [1.54, 1.807) is 6.20 Å². The Kier molecular flexibility index (Phi) is 5.32. The largest absolute Gasteiger partial charge is 0.384 e. The molecule has 0 saturated carbocycles. The maximum absolute atomic E-state index is 11.3. The van der Waals surface area contributed by atoms with Crippen LogP contribution < -0.4 is 10.6 Å². The lowest BCUT2D eigenvalue weighted by atomic mass is 10.3. The van der Waals surface area contributed by atoms with Gasteiger partial charge in [-0.2, -0.15) is 0 Å². The lowest BCUT2D eigenvalue weighted by molar-refractivity contribution is -0.120. The van der Waals surface area contributed by atoms with Crippen molar-refractivity contribution in [3.63, 3.8) is 0 Å². The van der Waals surface area contributed by atoms with Gasteiger partial charge in [-0.3, -0.25) is 9.78 Å². The van der Waals surface area contributed by atoms with Crippen LogP contribution in [0.4, 0.5) is 5.69 Å². The Hall–Kier alpha value is -1.58. The van der Waals surface area contributed by atoms with Crippen LogP contribution in [0.25, 0.3) is 0 Å². The predicted octanol–water partition coefficient (Wildman–Crippen LogP) is 1.72. The third-order valence-electron chi connectivity index (χ3n) is 2.15. The first kappa shape index (κ1) is 12.5. The number of amides is 1. The molecule has 0 unspecified atom stereocenters. The maximum Gasteiger partial charge on any atom is 0.221 e. The molecule has 1 heterocycles. The lowest BCUT2D eigenvalue weighted by Crippen LogP contribution is -2.25. The number of rotatable bonds is 6. The monoisotopic (exact) mass is 221 g/mol. The predicted molar refractivity (Wildman–Crippen MR) is 65.4 cm³/mol. The molecule has 0 aliphatic carbocycles. The molecular formula is C12H19N3O. The van der Waals surface area contributed by atoms with Gasteiger partial charge in [0.05, 0.1) is 0 Å². The fourth-order valence-corrected chi connectivity index (χ4v) is 1.33. The quantitative estimate of drug-likeness (QED) is 0.769. The molecule has 0 aromatic carbocycles. The summed E-state index contributed by atoms with van der Waals surface area (Å²) in [5, 5.41) is 6.03. The van der Waals surface area contributed by atoms with Crippen molar-refractivity contribution in [1.82, 2.24) is 10.3 Å². The first-order valence-corrected chi connectivity index (χ1v) is 5.65. The average molecular weight is 221 g/mol. The number of nitrogens with one attached hydrogen (secondary N) is 2. The highest BCUT2D eigenvalue weighted by Crippen LogP contribution is 2.06. The number of hydrogen-bond acceptors (Lipinski definition) is 3. The SMILES string of the molecule is CCCNC(=O)CCNc1ccnc(C)c1. The van der Waals surface area contributed by atoms with E-state index in [2.05, 4.69) is 15.6 Å². The molecule has 1 rings (SSSR count). The zero-order chi connectivity index (χ0) is 11.8. The summed E-state index contributed by atoms with van der Waals surface area (Å²) >= 11 is 0. The highest BCUT2D eigenvalue weighted by molar-refractivity contribution is 5.76. The number of pyridine rings is 1. The van der Waals surface area contributed by atoms with E-state index < -0.39 is 0 Å². The van der Waals surface area contributed by atoms with Crippen molar-refractivity contribution in [2.45, 2.75) is 26.7 Å². The Morgan fingerprint density at radius 2 is 2.25 bits per heavy atom. The molecule has 1 aromatic heterocycles. The van der Waals surface area contributed by atoms with Gasteiger partial charge in [-0.05, 0) is 25.5 Å². The fraction of sp³-hybridized carbons (Fsp3) is 0.500. The van der Waals surface area contributed by atoms with Crippen molar-refractivity contribution in [2.75, 3.05) is 18.4 Å². The second kappa shape index (κ2) is 6.82. The summed E-state index contributed by atoms with van der Waals surface area (Å²) in [6.45, 7) is 5.39. The van der Waals surface area contributed by atoms with Crippen LogP contribution in [-0.4, -0.2) is 24.0 Å². The summed E-state index contributed by atoms with van der Waals surface area (Å²) in [4.78, 5) is 15.4. The van der Waals surface area contributed by atoms with Gasteiger partial charge in [-0.25, -0.2) is 0 Å². The van der Waals surface area contributed by atoms with Gasteiger partial charge in [0.1, 0.15) is 0 Å². The molecule has 0 spiro atoms. The van der Waals surface area contributed by atoms with Gasteiger partial charge in [0.2, 0.25) is 5.91 Å². The summed E-state index contributed by atoms with van der Waals surface area (Å²) in [5.74, 6) is 0.0973. The number of aryl methyl sites for hydroxylation is 1. The summed E-state index contributed by atoms with van der Waals surface area (Å²) in [7, 11) is 0. The van der Waals surface area contributed by atoms with E-state index in [0.717, 1.165) is 24.3 Å². The van der Waals surface area contributed by atoms with E-state index in [9.17, 15) is 4.79 Å².